The first kappa shape index (κ1) is 13.2. The van der Waals surface area contributed by atoms with E-state index in [1.807, 2.05) is 0 Å². The summed E-state index contributed by atoms with van der Waals surface area (Å²) in [5.41, 5.74) is 3.05. The smallest absolute Gasteiger partial charge is 0.00788 e. The third-order valence-corrected chi connectivity index (χ3v) is 5.26. The van der Waals surface area contributed by atoms with Crippen LogP contribution >= 0.6 is 0 Å². The van der Waals surface area contributed by atoms with Crippen LogP contribution in [0.15, 0.2) is 24.3 Å². The van der Waals surface area contributed by atoms with E-state index in [0.29, 0.717) is 0 Å². The predicted molar refractivity (Wildman–Crippen MR) is 81.4 cm³/mol. The van der Waals surface area contributed by atoms with E-state index in [9.17, 15) is 0 Å². The molecule has 1 aromatic rings. The van der Waals surface area contributed by atoms with E-state index in [4.69, 9.17) is 0 Å². The van der Waals surface area contributed by atoms with Crippen LogP contribution in [0.25, 0.3) is 0 Å². The average Bonchev–Trinajstić information content (AvgIpc) is 2.75. The molecule has 19 heavy (non-hydrogen) atoms. The fraction of sp³-hybridized carbons (Fsp3) is 0.667. The topological polar surface area (TPSA) is 12.0 Å². The fourth-order valence-electron chi connectivity index (χ4n) is 3.93. The van der Waals surface area contributed by atoms with Gasteiger partial charge in [-0.25, -0.2) is 0 Å². The summed E-state index contributed by atoms with van der Waals surface area (Å²) in [7, 11) is 0. The van der Waals surface area contributed by atoms with Gasteiger partial charge in [-0.1, -0.05) is 37.6 Å². The largest absolute Gasteiger partial charge is 0.314 e. The molecule has 0 saturated heterocycles. The summed E-state index contributed by atoms with van der Waals surface area (Å²) >= 11 is 0. The van der Waals surface area contributed by atoms with Crippen molar-refractivity contribution < 1.29 is 0 Å². The van der Waals surface area contributed by atoms with Crippen molar-refractivity contribution in [3.05, 3.63) is 35.4 Å². The molecule has 0 bridgehead atoms. The van der Waals surface area contributed by atoms with Crippen LogP contribution in [0.2, 0.25) is 0 Å². The molecule has 2 aliphatic rings. The lowest BCUT2D eigenvalue weighted by atomic mass is 9.74. The Labute approximate surface area is 117 Å². The molecule has 2 fully saturated rings. The standard InChI is InChI=1S/C18H27N/c1-13-7-8-15(9-13)12-19-17-10-16(11-17)18-6-4-3-5-14(18)2/h3-6,13,15-17,19H,7-12H2,1-2H3. The fourth-order valence-corrected chi connectivity index (χ4v) is 3.93. The molecule has 104 valence electrons. The van der Waals surface area contributed by atoms with E-state index in [2.05, 4.69) is 43.4 Å². The first-order chi connectivity index (χ1) is 9.22. The number of nitrogens with one attached hydrogen (secondary N) is 1. The van der Waals surface area contributed by atoms with Gasteiger partial charge in [-0.2, -0.15) is 0 Å². The molecule has 3 rings (SSSR count). The van der Waals surface area contributed by atoms with Crippen molar-refractivity contribution in [2.45, 2.75) is 57.9 Å². The van der Waals surface area contributed by atoms with E-state index in [1.54, 1.807) is 5.56 Å². The van der Waals surface area contributed by atoms with Crippen molar-refractivity contribution in [2.24, 2.45) is 11.8 Å². The second kappa shape index (κ2) is 5.66. The number of benzene rings is 1. The number of rotatable bonds is 4. The van der Waals surface area contributed by atoms with Gasteiger partial charge in [0.2, 0.25) is 0 Å². The molecule has 0 aromatic heterocycles. The molecule has 0 amide bonds. The van der Waals surface area contributed by atoms with E-state index < -0.39 is 0 Å². The summed E-state index contributed by atoms with van der Waals surface area (Å²) in [5.74, 6) is 2.72. The highest BCUT2D eigenvalue weighted by atomic mass is 14.9. The zero-order valence-electron chi connectivity index (χ0n) is 12.4. The Kier molecular flexibility index (Phi) is 3.93. The third-order valence-electron chi connectivity index (χ3n) is 5.26. The summed E-state index contributed by atoms with van der Waals surface area (Å²) in [6.07, 6.45) is 7.02. The van der Waals surface area contributed by atoms with Crippen molar-refractivity contribution in [3.63, 3.8) is 0 Å². The van der Waals surface area contributed by atoms with Crippen LogP contribution in [0.4, 0.5) is 0 Å². The molecule has 1 aromatic carbocycles. The molecule has 0 radical (unpaired) electrons. The summed E-state index contributed by atoms with van der Waals surface area (Å²) in [4.78, 5) is 0. The molecule has 2 unspecified atom stereocenters. The third kappa shape index (κ3) is 3.02. The van der Waals surface area contributed by atoms with Crippen LogP contribution in [-0.2, 0) is 0 Å². The van der Waals surface area contributed by atoms with Crippen LogP contribution in [0, 0.1) is 18.8 Å². The summed E-state index contributed by atoms with van der Waals surface area (Å²) in [6, 6.07) is 9.67. The van der Waals surface area contributed by atoms with E-state index >= 15 is 0 Å². The van der Waals surface area contributed by atoms with Gasteiger partial charge in [-0.3, -0.25) is 0 Å². The summed E-state index contributed by atoms with van der Waals surface area (Å²) < 4.78 is 0. The summed E-state index contributed by atoms with van der Waals surface area (Å²) in [5, 5.41) is 3.80. The molecule has 0 spiro atoms. The van der Waals surface area contributed by atoms with Gasteiger partial charge in [-0.05, 0) is 68.0 Å². The Hall–Kier alpha value is -0.820. The highest BCUT2D eigenvalue weighted by Crippen LogP contribution is 2.38. The van der Waals surface area contributed by atoms with Crippen molar-refractivity contribution in [2.75, 3.05) is 6.54 Å². The summed E-state index contributed by atoms with van der Waals surface area (Å²) in [6.45, 7) is 5.91. The minimum absolute atomic E-state index is 0.778. The molecule has 1 heteroatoms. The van der Waals surface area contributed by atoms with E-state index in [1.165, 1.54) is 44.2 Å². The normalized spacial score (nSPS) is 34.2. The molecule has 1 N–H and O–H groups in total. The SMILES string of the molecule is Cc1ccccc1C1CC(NCC2CCC(C)C2)C1. The molecule has 0 aliphatic heterocycles. The maximum absolute atomic E-state index is 3.80. The average molecular weight is 257 g/mol. The molecular weight excluding hydrogens is 230 g/mol. The zero-order valence-corrected chi connectivity index (χ0v) is 12.4. The predicted octanol–water partition coefficient (Wildman–Crippen LogP) is 4.27. The highest BCUT2D eigenvalue weighted by Gasteiger charge is 2.31. The maximum atomic E-state index is 3.80. The van der Waals surface area contributed by atoms with Crippen LogP contribution in [-0.4, -0.2) is 12.6 Å². The first-order valence-electron chi connectivity index (χ1n) is 8.01. The number of aryl methyl sites for hydroxylation is 1. The van der Waals surface area contributed by atoms with Crippen LogP contribution < -0.4 is 5.32 Å². The first-order valence-corrected chi connectivity index (χ1v) is 8.01. The molecular formula is C18H27N. The van der Waals surface area contributed by atoms with Gasteiger partial charge < -0.3 is 5.32 Å². The Bertz CT molecular complexity index is 419. The Morgan fingerprint density at radius 3 is 2.58 bits per heavy atom. The van der Waals surface area contributed by atoms with Crippen LogP contribution in [0.1, 0.15) is 56.1 Å². The molecule has 2 saturated carbocycles. The van der Waals surface area contributed by atoms with Gasteiger partial charge in [0, 0.05) is 6.04 Å². The Morgan fingerprint density at radius 1 is 1.11 bits per heavy atom. The minimum Gasteiger partial charge on any atom is -0.314 e. The van der Waals surface area contributed by atoms with Crippen molar-refractivity contribution in [1.82, 2.24) is 5.32 Å². The second-order valence-corrected chi connectivity index (χ2v) is 6.91. The lowest BCUT2D eigenvalue weighted by Crippen LogP contribution is -2.42. The van der Waals surface area contributed by atoms with Crippen molar-refractivity contribution in [3.8, 4) is 0 Å². The zero-order chi connectivity index (χ0) is 13.2. The monoisotopic (exact) mass is 257 g/mol. The Balaban J connectivity index is 1.42. The molecule has 2 aliphatic carbocycles. The molecule has 2 atom stereocenters. The van der Waals surface area contributed by atoms with E-state index in [0.717, 1.165) is 23.8 Å². The molecule has 1 nitrogen and oxygen atoms in total. The van der Waals surface area contributed by atoms with Crippen LogP contribution in [0.5, 0.6) is 0 Å². The van der Waals surface area contributed by atoms with E-state index in [-0.39, 0.29) is 0 Å². The van der Waals surface area contributed by atoms with Gasteiger partial charge >= 0.3 is 0 Å². The number of hydrogen-bond acceptors (Lipinski definition) is 1. The van der Waals surface area contributed by atoms with Crippen LogP contribution in [0.3, 0.4) is 0 Å². The van der Waals surface area contributed by atoms with Gasteiger partial charge in [-0.15, -0.1) is 0 Å². The lowest BCUT2D eigenvalue weighted by molar-refractivity contribution is 0.274. The van der Waals surface area contributed by atoms with Gasteiger partial charge in [0.1, 0.15) is 0 Å². The minimum atomic E-state index is 0.778. The lowest BCUT2D eigenvalue weighted by Gasteiger charge is -2.37. The van der Waals surface area contributed by atoms with Gasteiger partial charge in [0.05, 0.1) is 0 Å². The quantitative estimate of drug-likeness (QED) is 0.849. The van der Waals surface area contributed by atoms with Crippen molar-refractivity contribution >= 4 is 0 Å². The Morgan fingerprint density at radius 2 is 1.89 bits per heavy atom. The van der Waals surface area contributed by atoms with Crippen molar-refractivity contribution in [1.29, 1.82) is 0 Å². The van der Waals surface area contributed by atoms with Gasteiger partial charge in [0.15, 0.2) is 0 Å². The molecule has 0 heterocycles. The number of hydrogen-bond donors (Lipinski definition) is 1. The second-order valence-electron chi connectivity index (χ2n) is 6.91. The highest BCUT2D eigenvalue weighted by molar-refractivity contribution is 5.31. The van der Waals surface area contributed by atoms with Gasteiger partial charge in [0.25, 0.3) is 0 Å². The maximum Gasteiger partial charge on any atom is 0.00788 e.